The largest absolute Gasteiger partial charge is 0.348 e. The van der Waals surface area contributed by atoms with Crippen molar-refractivity contribution in [1.82, 2.24) is 5.32 Å². The molecule has 0 heterocycles. The van der Waals surface area contributed by atoms with Crippen molar-refractivity contribution < 1.29 is 17.6 Å². The van der Waals surface area contributed by atoms with Gasteiger partial charge in [0.1, 0.15) is 11.9 Å². The van der Waals surface area contributed by atoms with Crippen LogP contribution in [0.4, 0.5) is 10.1 Å². The standard InChI is InChI=1S/C18H21FN2O3S/c1-13(15-9-11-16(19)12-10-15)20-18(22)14(2)21(25(3,23)24)17-7-5-4-6-8-17/h4-14H,1-3H3,(H,20,22)/t13-,14-/m0/s1. The van der Waals surface area contributed by atoms with Crippen LogP contribution in [0.3, 0.4) is 0 Å². The zero-order chi connectivity index (χ0) is 18.6. The number of nitrogens with zero attached hydrogens (tertiary/aromatic N) is 1. The molecule has 5 nitrogen and oxygen atoms in total. The summed E-state index contributed by atoms with van der Waals surface area (Å²) in [5, 5.41) is 2.77. The van der Waals surface area contributed by atoms with Gasteiger partial charge < -0.3 is 5.32 Å². The first-order chi connectivity index (χ1) is 11.7. The van der Waals surface area contributed by atoms with Gasteiger partial charge in [-0.1, -0.05) is 30.3 Å². The molecule has 1 amide bonds. The van der Waals surface area contributed by atoms with Crippen LogP contribution in [0, 0.1) is 5.82 Å². The Morgan fingerprint density at radius 1 is 1.04 bits per heavy atom. The van der Waals surface area contributed by atoms with Gasteiger partial charge >= 0.3 is 0 Å². The molecule has 0 aromatic heterocycles. The molecule has 2 rings (SSSR count). The summed E-state index contributed by atoms with van der Waals surface area (Å²) in [6.07, 6.45) is 1.06. The van der Waals surface area contributed by atoms with E-state index in [0.717, 1.165) is 16.1 Å². The Bertz CT molecular complexity index is 823. The number of amides is 1. The normalized spacial score (nSPS) is 13.8. The van der Waals surface area contributed by atoms with Gasteiger partial charge in [0.2, 0.25) is 15.9 Å². The number of halogens is 1. The van der Waals surface area contributed by atoms with Crippen molar-refractivity contribution >= 4 is 21.6 Å². The van der Waals surface area contributed by atoms with E-state index < -0.39 is 22.0 Å². The minimum atomic E-state index is -3.65. The second-order valence-electron chi connectivity index (χ2n) is 5.85. The Morgan fingerprint density at radius 3 is 2.12 bits per heavy atom. The molecule has 25 heavy (non-hydrogen) atoms. The van der Waals surface area contributed by atoms with Crippen LogP contribution in [0.25, 0.3) is 0 Å². The second-order valence-corrected chi connectivity index (χ2v) is 7.71. The molecular weight excluding hydrogens is 343 g/mol. The number of carbonyl (C=O) groups is 1. The van der Waals surface area contributed by atoms with E-state index in [1.165, 1.54) is 19.1 Å². The fourth-order valence-corrected chi connectivity index (χ4v) is 3.73. The highest BCUT2D eigenvalue weighted by Gasteiger charge is 2.29. The van der Waals surface area contributed by atoms with E-state index in [1.807, 2.05) is 0 Å². The SMILES string of the molecule is C[C@H](NC(=O)[C@H](C)N(c1ccccc1)S(C)(=O)=O)c1ccc(F)cc1. The molecule has 0 bridgehead atoms. The van der Waals surface area contributed by atoms with Gasteiger partial charge in [-0.05, 0) is 43.7 Å². The molecule has 0 aliphatic rings. The molecule has 0 saturated heterocycles. The zero-order valence-corrected chi connectivity index (χ0v) is 15.1. The van der Waals surface area contributed by atoms with Crippen molar-refractivity contribution in [2.75, 3.05) is 10.6 Å². The number of hydrogen-bond donors (Lipinski definition) is 1. The summed E-state index contributed by atoms with van der Waals surface area (Å²) in [6.45, 7) is 3.28. The quantitative estimate of drug-likeness (QED) is 0.857. The van der Waals surface area contributed by atoms with Gasteiger partial charge in [0.25, 0.3) is 0 Å². The van der Waals surface area contributed by atoms with Crippen LogP contribution in [0.5, 0.6) is 0 Å². The Kier molecular flexibility index (Phi) is 5.79. The molecule has 1 N–H and O–H groups in total. The van der Waals surface area contributed by atoms with Gasteiger partial charge in [-0.25, -0.2) is 12.8 Å². The minimum Gasteiger partial charge on any atom is -0.348 e. The number of carbonyl (C=O) groups excluding carboxylic acids is 1. The Morgan fingerprint density at radius 2 is 1.60 bits per heavy atom. The predicted octanol–water partition coefficient (Wildman–Crippen LogP) is 2.86. The monoisotopic (exact) mass is 364 g/mol. The van der Waals surface area contributed by atoms with E-state index in [4.69, 9.17) is 0 Å². The summed E-state index contributed by atoms with van der Waals surface area (Å²) < 4.78 is 38.4. The first kappa shape index (κ1) is 18.9. The van der Waals surface area contributed by atoms with Crippen LogP contribution in [0.1, 0.15) is 25.5 Å². The third kappa shape index (κ3) is 4.79. The zero-order valence-electron chi connectivity index (χ0n) is 14.3. The summed E-state index contributed by atoms with van der Waals surface area (Å²) in [7, 11) is -3.65. The van der Waals surface area contributed by atoms with Crippen LogP contribution >= 0.6 is 0 Å². The van der Waals surface area contributed by atoms with Crippen molar-refractivity contribution in [3.8, 4) is 0 Å². The molecule has 0 saturated carbocycles. The van der Waals surface area contributed by atoms with Crippen LogP contribution < -0.4 is 9.62 Å². The van der Waals surface area contributed by atoms with E-state index in [1.54, 1.807) is 49.4 Å². The highest BCUT2D eigenvalue weighted by Crippen LogP contribution is 2.21. The maximum Gasteiger partial charge on any atom is 0.244 e. The molecule has 0 unspecified atom stereocenters. The molecule has 0 aliphatic heterocycles. The average Bonchev–Trinajstić information content (AvgIpc) is 2.55. The highest BCUT2D eigenvalue weighted by atomic mass is 32.2. The average molecular weight is 364 g/mol. The molecule has 2 atom stereocenters. The second kappa shape index (κ2) is 7.65. The molecule has 2 aromatic rings. The van der Waals surface area contributed by atoms with Crippen molar-refractivity contribution in [2.45, 2.75) is 25.9 Å². The summed E-state index contributed by atoms with van der Waals surface area (Å²) in [5.41, 5.74) is 1.15. The Hall–Kier alpha value is -2.41. The number of nitrogens with one attached hydrogen (secondary N) is 1. The van der Waals surface area contributed by atoms with Gasteiger partial charge in [-0.3, -0.25) is 9.10 Å². The Balaban J connectivity index is 2.20. The topological polar surface area (TPSA) is 66.5 Å². The minimum absolute atomic E-state index is 0.358. The number of rotatable bonds is 6. The molecule has 0 aliphatic carbocycles. The lowest BCUT2D eigenvalue weighted by Crippen LogP contribution is -2.48. The number of para-hydroxylation sites is 1. The highest BCUT2D eigenvalue weighted by molar-refractivity contribution is 7.92. The van der Waals surface area contributed by atoms with E-state index >= 15 is 0 Å². The third-order valence-electron chi connectivity index (χ3n) is 3.83. The van der Waals surface area contributed by atoms with E-state index in [2.05, 4.69) is 5.32 Å². The summed E-state index contributed by atoms with van der Waals surface area (Å²) in [5.74, 6) is -0.797. The third-order valence-corrected chi connectivity index (χ3v) is 5.07. The molecule has 0 radical (unpaired) electrons. The van der Waals surface area contributed by atoms with Gasteiger partial charge in [-0.15, -0.1) is 0 Å². The van der Waals surface area contributed by atoms with Crippen LogP contribution in [-0.2, 0) is 14.8 Å². The van der Waals surface area contributed by atoms with Crippen LogP contribution in [0.15, 0.2) is 54.6 Å². The number of anilines is 1. The number of hydrogen-bond acceptors (Lipinski definition) is 3. The van der Waals surface area contributed by atoms with Gasteiger partial charge in [0, 0.05) is 0 Å². The fourth-order valence-electron chi connectivity index (χ4n) is 2.55. The molecular formula is C18H21FN2O3S. The maximum absolute atomic E-state index is 13.0. The van der Waals surface area contributed by atoms with Crippen molar-refractivity contribution in [3.05, 3.63) is 66.0 Å². The van der Waals surface area contributed by atoms with Crippen molar-refractivity contribution in [3.63, 3.8) is 0 Å². The van der Waals surface area contributed by atoms with E-state index in [-0.39, 0.29) is 11.9 Å². The molecule has 7 heteroatoms. The summed E-state index contributed by atoms with van der Waals surface area (Å²) in [6, 6.07) is 12.9. The van der Waals surface area contributed by atoms with Crippen LogP contribution in [-0.4, -0.2) is 26.6 Å². The summed E-state index contributed by atoms with van der Waals surface area (Å²) in [4.78, 5) is 12.6. The Labute approximate surface area is 147 Å². The molecule has 2 aromatic carbocycles. The first-order valence-electron chi connectivity index (χ1n) is 7.80. The van der Waals surface area contributed by atoms with Crippen LogP contribution in [0.2, 0.25) is 0 Å². The lowest BCUT2D eigenvalue weighted by molar-refractivity contribution is -0.122. The summed E-state index contributed by atoms with van der Waals surface area (Å²) >= 11 is 0. The molecule has 0 spiro atoms. The predicted molar refractivity (Wildman–Crippen MR) is 96.2 cm³/mol. The van der Waals surface area contributed by atoms with E-state index in [0.29, 0.717) is 5.69 Å². The number of sulfonamides is 1. The maximum atomic E-state index is 13.0. The number of benzene rings is 2. The van der Waals surface area contributed by atoms with Crippen molar-refractivity contribution in [2.24, 2.45) is 0 Å². The van der Waals surface area contributed by atoms with Gasteiger partial charge in [0.15, 0.2) is 0 Å². The lowest BCUT2D eigenvalue weighted by atomic mass is 10.1. The van der Waals surface area contributed by atoms with Crippen molar-refractivity contribution in [1.29, 1.82) is 0 Å². The van der Waals surface area contributed by atoms with Gasteiger partial charge in [0.05, 0.1) is 18.0 Å². The lowest BCUT2D eigenvalue weighted by Gasteiger charge is -2.29. The smallest absolute Gasteiger partial charge is 0.244 e. The first-order valence-corrected chi connectivity index (χ1v) is 9.65. The van der Waals surface area contributed by atoms with E-state index in [9.17, 15) is 17.6 Å². The molecule has 134 valence electrons. The molecule has 0 fully saturated rings. The fraction of sp³-hybridized carbons (Fsp3) is 0.278. The van der Waals surface area contributed by atoms with Gasteiger partial charge in [-0.2, -0.15) is 0 Å².